The van der Waals surface area contributed by atoms with E-state index in [9.17, 15) is 4.79 Å². The van der Waals surface area contributed by atoms with Gasteiger partial charge >= 0.3 is 5.97 Å². The summed E-state index contributed by atoms with van der Waals surface area (Å²) in [6.45, 7) is 1.95. The third-order valence-corrected chi connectivity index (χ3v) is 3.01. The molecule has 1 N–H and O–H groups in total. The number of rotatable bonds is 2. The van der Waals surface area contributed by atoms with Crippen LogP contribution in [0.25, 0.3) is 0 Å². The average molecular weight is 241 g/mol. The lowest BCUT2D eigenvalue weighted by molar-refractivity contribution is -0.137. The van der Waals surface area contributed by atoms with Crippen molar-refractivity contribution in [3.05, 3.63) is 28.8 Å². The fourth-order valence-corrected chi connectivity index (χ4v) is 2.32. The first-order valence-corrected chi connectivity index (χ1v) is 5.62. The molecule has 1 aromatic rings. The maximum absolute atomic E-state index is 10.8. The first kappa shape index (κ1) is 11.3. The molecule has 0 saturated carbocycles. The number of carboxylic acid groups (broad SMARTS) is 1. The fourth-order valence-electron chi connectivity index (χ4n) is 2.14. The van der Waals surface area contributed by atoms with Crippen molar-refractivity contribution in [2.45, 2.75) is 31.8 Å². The number of aliphatic carboxylic acids is 1. The standard InChI is InChI=1S/C12H13ClO3/c1-7-4-8(5-12(14)15)10-6-9(13)2-3-11(10)16-7/h2-3,6-8H,4-5H2,1H3,(H,14,15). The molecule has 1 aromatic carbocycles. The maximum Gasteiger partial charge on any atom is 0.303 e. The smallest absolute Gasteiger partial charge is 0.303 e. The number of fused-ring (bicyclic) bond motifs is 1. The van der Waals surface area contributed by atoms with Gasteiger partial charge in [0.2, 0.25) is 0 Å². The lowest BCUT2D eigenvalue weighted by atomic mass is 9.88. The molecule has 0 radical (unpaired) electrons. The molecule has 0 fully saturated rings. The number of hydrogen-bond acceptors (Lipinski definition) is 2. The van der Waals surface area contributed by atoms with E-state index in [-0.39, 0.29) is 18.4 Å². The minimum atomic E-state index is -0.787. The number of hydrogen-bond donors (Lipinski definition) is 1. The van der Waals surface area contributed by atoms with E-state index >= 15 is 0 Å². The van der Waals surface area contributed by atoms with Gasteiger partial charge in [0.05, 0.1) is 12.5 Å². The van der Waals surface area contributed by atoms with Gasteiger partial charge in [0.1, 0.15) is 5.75 Å². The quantitative estimate of drug-likeness (QED) is 0.864. The molecule has 86 valence electrons. The number of carbonyl (C=O) groups is 1. The normalized spacial score (nSPS) is 23.4. The van der Waals surface area contributed by atoms with Crippen LogP contribution in [0.2, 0.25) is 5.02 Å². The van der Waals surface area contributed by atoms with E-state index in [0.717, 1.165) is 17.7 Å². The molecule has 1 aliphatic heterocycles. The van der Waals surface area contributed by atoms with Crippen LogP contribution in [-0.2, 0) is 4.79 Å². The first-order valence-electron chi connectivity index (χ1n) is 5.24. The van der Waals surface area contributed by atoms with Crippen molar-refractivity contribution in [2.75, 3.05) is 0 Å². The number of carboxylic acids is 1. The van der Waals surface area contributed by atoms with Crippen molar-refractivity contribution >= 4 is 17.6 Å². The van der Waals surface area contributed by atoms with E-state index < -0.39 is 5.97 Å². The zero-order valence-electron chi connectivity index (χ0n) is 8.94. The molecule has 0 saturated heterocycles. The van der Waals surface area contributed by atoms with Crippen LogP contribution in [0, 0.1) is 0 Å². The third-order valence-electron chi connectivity index (χ3n) is 2.78. The minimum absolute atomic E-state index is 0.00468. The Kier molecular flexibility index (Phi) is 3.06. The van der Waals surface area contributed by atoms with Crippen LogP contribution in [0.15, 0.2) is 18.2 Å². The summed E-state index contributed by atoms with van der Waals surface area (Å²) in [6.07, 6.45) is 0.902. The summed E-state index contributed by atoms with van der Waals surface area (Å²) >= 11 is 5.91. The summed E-state index contributed by atoms with van der Waals surface area (Å²) < 4.78 is 5.65. The van der Waals surface area contributed by atoms with Gasteiger partial charge in [0, 0.05) is 10.9 Å². The van der Waals surface area contributed by atoms with E-state index in [1.165, 1.54) is 0 Å². The fraction of sp³-hybridized carbons (Fsp3) is 0.417. The predicted molar refractivity (Wildman–Crippen MR) is 61.2 cm³/mol. The zero-order valence-corrected chi connectivity index (χ0v) is 9.70. The Morgan fingerprint density at radius 2 is 2.38 bits per heavy atom. The molecule has 0 aliphatic carbocycles. The van der Waals surface area contributed by atoms with E-state index in [4.69, 9.17) is 21.4 Å². The highest BCUT2D eigenvalue weighted by molar-refractivity contribution is 6.30. The molecule has 1 heterocycles. The molecule has 0 bridgehead atoms. The average Bonchev–Trinajstić information content (AvgIpc) is 2.18. The summed E-state index contributed by atoms with van der Waals surface area (Å²) in [5, 5.41) is 9.49. The van der Waals surface area contributed by atoms with Gasteiger partial charge in [-0.2, -0.15) is 0 Å². The van der Waals surface area contributed by atoms with Gasteiger partial charge in [-0.05, 0) is 37.1 Å². The lowest BCUT2D eigenvalue weighted by Gasteiger charge is -2.29. The first-order chi connectivity index (χ1) is 7.56. The van der Waals surface area contributed by atoms with Crippen LogP contribution in [0.1, 0.15) is 31.2 Å². The summed E-state index contributed by atoms with van der Waals surface area (Å²) in [4.78, 5) is 10.8. The van der Waals surface area contributed by atoms with Gasteiger partial charge in [-0.1, -0.05) is 11.6 Å². The second kappa shape index (κ2) is 4.34. The molecule has 2 unspecified atom stereocenters. The van der Waals surface area contributed by atoms with Crippen molar-refractivity contribution < 1.29 is 14.6 Å². The van der Waals surface area contributed by atoms with Crippen LogP contribution in [0.3, 0.4) is 0 Å². The molecular formula is C12H13ClO3. The van der Waals surface area contributed by atoms with Gasteiger partial charge < -0.3 is 9.84 Å². The molecule has 0 spiro atoms. The summed E-state index contributed by atoms with van der Waals surface area (Å²) in [5.41, 5.74) is 0.910. The number of ether oxygens (including phenoxy) is 1. The highest BCUT2D eigenvalue weighted by atomic mass is 35.5. The summed E-state index contributed by atoms with van der Waals surface area (Å²) in [6, 6.07) is 5.37. The van der Waals surface area contributed by atoms with E-state index in [1.54, 1.807) is 12.1 Å². The molecule has 3 nitrogen and oxygen atoms in total. The van der Waals surface area contributed by atoms with Crippen LogP contribution in [0.4, 0.5) is 0 Å². The van der Waals surface area contributed by atoms with Gasteiger partial charge in [-0.15, -0.1) is 0 Å². The zero-order chi connectivity index (χ0) is 11.7. The van der Waals surface area contributed by atoms with Crippen LogP contribution < -0.4 is 4.74 Å². The SMILES string of the molecule is CC1CC(CC(=O)O)c2cc(Cl)ccc2O1. The monoisotopic (exact) mass is 240 g/mol. The lowest BCUT2D eigenvalue weighted by Crippen LogP contribution is -2.24. The van der Waals surface area contributed by atoms with Crippen LogP contribution in [-0.4, -0.2) is 17.2 Å². The second-order valence-electron chi connectivity index (χ2n) is 4.14. The van der Waals surface area contributed by atoms with E-state index in [2.05, 4.69) is 0 Å². The van der Waals surface area contributed by atoms with Crippen LogP contribution in [0.5, 0.6) is 5.75 Å². The second-order valence-corrected chi connectivity index (χ2v) is 4.58. The molecule has 2 rings (SSSR count). The summed E-state index contributed by atoms with van der Waals surface area (Å²) in [5.74, 6) is -0.0330. The minimum Gasteiger partial charge on any atom is -0.490 e. The molecular weight excluding hydrogens is 228 g/mol. The molecule has 2 atom stereocenters. The third kappa shape index (κ3) is 2.30. The Hall–Kier alpha value is -1.22. The molecule has 16 heavy (non-hydrogen) atoms. The van der Waals surface area contributed by atoms with Crippen molar-refractivity contribution in [2.24, 2.45) is 0 Å². The highest BCUT2D eigenvalue weighted by Gasteiger charge is 2.27. The summed E-state index contributed by atoms with van der Waals surface area (Å²) in [7, 11) is 0. The Labute approximate surface area is 99.0 Å². The Morgan fingerprint density at radius 3 is 3.06 bits per heavy atom. The van der Waals surface area contributed by atoms with Crippen molar-refractivity contribution in [3.63, 3.8) is 0 Å². The number of benzene rings is 1. The van der Waals surface area contributed by atoms with Crippen LogP contribution >= 0.6 is 11.6 Å². The molecule has 0 amide bonds. The van der Waals surface area contributed by atoms with Crippen molar-refractivity contribution in [1.29, 1.82) is 0 Å². The molecule has 1 aliphatic rings. The molecule has 4 heteroatoms. The Bertz CT molecular complexity index is 417. The van der Waals surface area contributed by atoms with Gasteiger partial charge in [-0.3, -0.25) is 4.79 Å². The largest absolute Gasteiger partial charge is 0.490 e. The van der Waals surface area contributed by atoms with Gasteiger partial charge in [0.15, 0.2) is 0 Å². The predicted octanol–water partition coefficient (Wildman–Crippen LogP) is 3.07. The van der Waals surface area contributed by atoms with Gasteiger partial charge in [-0.25, -0.2) is 0 Å². The maximum atomic E-state index is 10.8. The van der Waals surface area contributed by atoms with E-state index in [0.29, 0.717) is 5.02 Å². The highest BCUT2D eigenvalue weighted by Crippen LogP contribution is 2.39. The number of halogens is 1. The van der Waals surface area contributed by atoms with Crippen molar-refractivity contribution in [3.8, 4) is 5.75 Å². The Balaban J connectivity index is 2.35. The topological polar surface area (TPSA) is 46.5 Å². The van der Waals surface area contributed by atoms with E-state index in [1.807, 2.05) is 13.0 Å². The molecule has 0 aromatic heterocycles. The van der Waals surface area contributed by atoms with Crippen molar-refractivity contribution in [1.82, 2.24) is 0 Å². The Morgan fingerprint density at radius 1 is 1.62 bits per heavy atom. The van der Waals surface area contributed by atoms with Gasteiger partial charge in [0.25, 0.3) is 0 Å².